The predicted molar refractivity (Wildman–Crippen MR) is 146 cm³/mol. The van der Waals surface area contributed by atoms with Crippen LogP contribution in [0, 0.1) is 11.6 Å². The molecule has 4 aromatic heterocycles. The van der Waals surface area contributed by atoms with Gasteiger partial charge in [0.1, 0.15) is 29.9 Å². The lowest BCUT2D eigenvalue weighted by Gasteiger charge is -2.32. The van der Waals surface area contributed by atoms with Crippen LogP contribution in [0.2, 0.25) is 0 Å². The second-order valence-corrected chi connectivity index (χ2v) is 9.62. The number of aryl methyl sites for hydroxylation is 1. The number of anilines is 3. The first-order valence-corrected chi connectivity index (χ1v) is 13.1. The molecular formula is C28H26F2N8O3. The Labute approximate surface area is 233 Å². The topological polar surface area (TPSA) is 124 Å². The highest BCUT2D eigenvalue weighted by atomic mass is 19.1. The number of carbonyl (C=O) groups excluding carboxylic acids is 1. The number of nitrogens with one attached hydrogen (secondary N) is 1. The molecule has 1 aromatic carbocycles. The lowest BCUT2D eigenvalue weighted by Crippen LogP contribution is -2.35. The SMILES string of the molecule is CCc1cnc(N2CCC(n3cc(F)c4c(Nc5ccc(-c6nc(C(=O)OC)co6)cc5F)ncnc43)CC2)nc1. The second kappa shape index (κ2) is 10.9. The molecule has 0 aliphatic carbocycles. The predicted octanol–water partition coefficient (Wildman–Crippen LogP) is 5.09. The molecule has 0 atom stereocenters. The molecule has 41 heavy (non-hydrogen) atoms. The number of ether oxygens (including phenoxy) is 1. The van der Waals surface area contributed by atoms with E-state index in [-0.39, 0.29) is 34.5 Å². The number of methoxy groups -OCH3 is 1. The van der Waals surface area contributed by atoms with Crippen molar-refractivity contribution >= 4 is 34.5 Å². The largest absolute Gasteiger partial charge is 0.464 e. The van der Waals surface area contributed by atoms with Gasteiger partial charge in [-0.15, -0.1) is 0 Å². The summed E-state index contributed by atoms with van der Waals surface area (Å²) in [5.74, 6) is -0.924. The molecule has 6 rings (SSSR count). The van der Waals surface area contributed by atoms with Gasteiger partial charge in [-0.1, -0.05) is 6.92 Å². The molecule has 0 bridgehead atoms. The highest BCUT2D eigenvalue weighted by molar-refractivity contribution is 5.90. The summed E-state index contributed by atoms with van der Waals surface area (Å²) in [7, 11) is 1.23. The van der Waals surface area contributed by atoms with Crippen molar-refractivity contribution in [1.29, 1.82) is 0 Å². The maximum atomic E-state index is 15.3. The third-order valence-electron chi connectivity index (χ3n) is 7.17. The minimum atomic E-state index is -0.665. The summed E-state index contributed by atoms with van der Waals surface area (Å²) in [5, 5.41) is 3.07. The summed E-state index contributed by atoms with van der Waals surface area (Å²) < 4.78 is 42.1. The van der Waals surface area contributed by atoms with Crippen molar-refractivity contribution in [2.45, 2.75) is 32.2 Å². The fourth-order valence-corrected chi connectivity index (χ4v) is 4.93. The van der Waals surface area contributed by atoms with Gasteiger partial charge in [0.05, 0.1) is 18.2 Å². The maximum absolute atomic E-state index is 15.3. The van der Waals surface area contributed by atoms with E-state index < -0.39 is 17.6 Å². The van der Waals surface area contributed by atoms with Gasteiger partial charge in [-0.05, 0) is 43.0 Å². The molecule has 11 nitrogen and oxygen atoms in total. The summed E-state index contributed by atoms with van der Waals surface area (Å²) in [6.07, 6.45) is 9.97. The zero-order chi connectivity index (χ0) is 28.5. The van der Waals surface area contributed by atoms with Crippen LogP contribution in [0.5, 0.6) is 0 Å². The monoisotopic (exact) mass is 560 g/mol. The second-order valence-electron chi connectivity index (χ2n) is 9.62. The van der Waals surface area contributed by atoms with Gasteiger partial charge in [0.15, 0.2) is 11.5 Å². The number of hydrogen-bond acceptors (Lipinski definition) is 10. The van der Waals surface area contributed by atoms with Crippen LogP contribution in [0.15, 0.2) is 53.8 Å². The van der Waals surface area contributed by atoms with Gasteiger partial charge in [-0.3, -0.25) is 0 Å². The van der Waals surface area contributed by atoms with Crippen molar-refractivity contribution < 1.29 is 22.7 Å². The Balaban J connectivity index is 1.20. The van der Waals surface area contributed by atoms with Crippen molar-refractivity contribution in [1.82, 2.24) is 29.5 Å². The number of aromatic nitrogens is 6. The van der Waals surface area contributed by atoms with E-state index in [9.17, 15) is 4.79 Å². The van der Waals surface area contributed by atoms with Gasteiger partial charge in [0.2, 0.25) is 11.8 Å². The van der Waals surface area contributed by atoms with Crippen LogP contribution in [-0.4, -0.2) is 55.7 Å². The first-order chi connectivity index (χ1) is 19.9. The molecule has 0 amide bonds. The number of halogens is 2. The number of hydrogen-bond donors (Lipinski definition) is 1. The third kappa shape index (κ3) is 5.06. The standard InChI is InChI=1S/C28H26F2N8O3/c1-3-16-11-31-28(32-12-16)37-8-6-18(7-9-37)38-13-20(30)23-24(33-15-34-25(23)38)35-21-5-4-17(10-19(21)29)26-36-22(14-41-26)27(39)40-2/h4-5,10-15,18H,3,6-9H2,1-2H3,(H,33,34,35). The highest BCUT2D eigenvalue weighted by Crippen LogP contribution is 2.34. The fourth-order valence-electron chi connectivity index (χ4n) is 4.93. The molecule has 1 fully saturated rings. The van der Waals surface area contributed by atoms with Crippen LogP contribution in [-0.2, 0) is 11.2 Å². The Hall–Kier alpha value is -4.94. The Kier molecular flexibility index (Phi) is 7.00. The average molecular weight is 561 g/mol. The van der Waals surface area contributed by atoms with E-state index in [0.29, 0.717) is 17.2 Å². The van der Waals surface area contributed by atoms with Gasteiger partial charge in [0.25, 0.3) is 0 Å². The van der Waals surface area contributed by atoms with Crippen LogP contribution in [0.4, 0.5) is 26.2 Å². The smallest absolute Gasteiger partial charge is 0.360 e. The summed E-state index contributed by atoms with van der Waals surface area (Å²) in [6, 6.07) is 4.23. The third-order valence-corrected chi connectivity index (χ3v) is 7.17. The van der Waals surface area contributed by atoms with E-state index in [4.69, 9.17) is 4.42 Å². The molecule has 1 aliphatic heterocycles. The maximum Gasteiger partial charge on any atom is 0.360 e. The molecule has 210 valence electrons. The van der Waals surface area contributed by atoms with Crippen LogP contribution in [0.1, 0.15) is 41.9 Å². The number of esters is 1. The van der Waals surface area contributed by atoms with Crippen LogP contribution >= 0.6 is 0 Å². The van der Waals surface area contributed by atoms with E-state index in [1.165, 1.54) is 31.8 Å². The van der Waals surface area contributed by atoms with E-state index >= 15 is 8.78 Å². The zero-order valence-electron chi connectivity index (χ0n) is 22.3. The molecule has 1 aliphatic rings. The van der Waals surface area contributed by atoms with Crippen LogP contribution in [0.3, 0.4) is 0 Å². The number of piperidine rings is 1. The summed E-state index contributed by atoms with van der Waals surface area (Å²) in [5.41, 5.74) is 1.86. The van der Waals surface area contributed by atoms with Crippen molar-refractivity contribution in [2.75, 3.05) is 30.4 Å². The first kappa shape index (κ1) is 26.3. The minimum Gasteiger partial charge on any atom is -0.464 e. The number of nitrogens with zero attached hydrogens (tertiary/aromatic N) is 7. The zero-order valence-corrected chi connectivity index (χ0v) is 22.3. The van der Waals surface area contributed by atoms with Gasteiger partial charge >= 0.3 is 5.97 Å². The lowest BCUT2D eigenvalue weighted by atomic mass is 10.1. The Bertz CT molecular complexity index is 1710. The van der Waals surface area contributed by atoms with Gasteiger partial charge in [-0.2, -0.15) is 0 Å². The number of rotatable bonds is 7. The number of carbonyl (C=O) groups is 1. The van der Waals surface area contributed by atoms with E-state index in [1.807, 2.05) is 17.0 Å². The molecule has 0 saturated carbocycles. The van der Waals surface area contributed by atoms with Gasteiger partial charge in [0, 0.05) is 43.3 Å². The Morgan fingerprint density at radius 3 is 2.61 bits per heavy atom. The van der Waals surface area contributed by atoms with Gasteiger partial charge in [-0.25, -0.2) is 38.5 Å². The normalized spacial score (nSPS) is 14.0. The summed E-state index contributed by atoms with van der Waals surface area (Å²) in [6.45, 7) is 3.50. The van der Waals surface area contributed by atoms with Crippen molar-refractivity contribution in [3.05, 3.63) is 72.3 Å². The quantitative estimate of drug-likeness (QED) is 0.269. The first-order valence-electron chi connectivity index (χ1n) is 13.1. The molecule has 13 heteroatoms. The van der Waals surface area contributed by atoms with Crippen LogP contribution in [0.25, 0.3) is 22.5 Å². The molecule has 0 radical (unpaired) electrons. The molecule has 1 saturated heterocycles. The lowest BCUT2D eigenvalue weighted by molar-refractivity contribution is 0.0594. The van der Waals surface area contributed by atoms with E-state index in [0.717, 1.165) is 44.2 Å². The van der Waals surface area contributed by atoms with Crippen molar-refractivity contribution in [2.24, 2.45) is 0 Å². The number of oxazole rings is 1. The van der Waals surface area contributed by atoms with E-state index in [2.05, 4.69) is 46.8 Å². The minimum absolute atomic E-state index is 0.0163. The molecule has 0 unspecified atom stereocenters. The average Bonchev–Trinajstić information content (AvgIpc) is 3.64. The number of fused-ring (bicyclic) bond motifs is 1. The van der Waals surface area contributed by atoms with Crippen molar-refractivity contribution in [3.8, 4) is 11.5 Å². The van der Waals surface area contributed by atoms with Gasteiger partial charge < -0.3 is 23.9 Å². The molecule has 1 N–H and O–H groups in total. The van der Waals surface area contributed by atoms with E-state index in [1.54, 1.807) is 6.07 Å². The molecular weight excluding hydrogens is 534 g/mol. The Morgan fingerprint density at radius 1 is 1.12 bits per heavy atom. The fraction of sp³-hybridized carbons (Fsp3) is 0.286. The highest BCUT2D eigenvalue weighted by Gasteiger charge is 2.26. The molecule has 5 heterocycles. The number of benzene rings is 1. The Morgan fingerprint density at radius 2 is 1.90 bits per heavy atom. The summed E-state index contributed by atoms with van der Waals surface area (Å²) in [4.78, 5) is 35.3. The van der Waals surface area contributed by atoms with Crippen molar-refractivity contribution in [3.63, 3.8) is 0 Å². The summed E-state index contributed by atoms with van der Waals surface area (Å²) >= 11 is 0. The molecule has 5 aromatic rings. The van der Waals surface area contributed by atoms with Crippen LogP contribution < -0.4 is 10.2 Å². The molecule has 0 spiro atoms.